The summed E-state index contributed by atoms with van der Waals surface area (Å²) in [4.78, 5) is 8.58. The van der Waals surface area contributed by atoms with E-state index in [-0.39, 0.29) is 0 Å². The van der Waals surface area contributed by atoms with Crippen molar-refractivity contribution in [2.75, 3.05) is 31.1 Å². The van der Waals surface area contributed by atoms with Gasteiger partial charge in [0, 0.05) is 49.3 Å². The third-order valence-corrected chi connectivity index (χ3v) is 5.30. The van der Waals surface area contributed by atoms with Crippen molar-refractivity contribution in [1.29, 1.82) is 0 Å². The van der Waals surface area contributed by atoms with Crippen molar-refractivity contribution in [2.45, 2.75) is 47.0 Å². The van der Waals surface area contributed by atoms with Crippen molar-refractivity contribution in [2.24, 2.45) is 0 Å². The summed E-state index contributed by atoms with van der Waals surface area (Å²) in [5, 5.41) is 1.41. The number of hydrogen-bond donors (Lipinski definition) is 0. The van der Waals surface area contributed by atoms with Crippen LogP contribution in [-0.2, 0) is 0 Å². The van der Waals surface area contributed by atoms with Crippen LogP contribution in [0.3, 0.4) is 0 Å². The second-order valence-electron chi connectivity index (χ2n) is 6.92. The molecule has 0 spiro atoms. The zero-order chi connectivity index (χ0) is 21.8. The molecule has 1 fully saturated rings. The van der Waals surface area contributed by atoms with Crippen LogP contribution in [0.25, 0.3) is 0 Å². The summed E-state index contributed by atoms with van der Waals surface area (Å²) in [7, 11) is 0. The molecular formula is C24H35Cl2N3. The highest BCUT2D eigenvalue weighted by Crippen LogP contribution is 2.29. The van der Waals surface area contributed by atoms with Gasteiger partial charge in [-0.05, 0) is 48.2 Å². The lowest BCUT2D eigenvalue weighted by atomic mass is 10.1. The summed E-state index contributed by atoms with van der Waals surface area (Å²) < 4.78 is 0. The summed E-state index contributed by atoms with van der Waals surface area (Å²) in [6, 6.07) is 9.78. The number of piperazine rings is 1. The number of halogens is 2. The number of hydrogen-bond acceptors (Lipinski definition) is 3. The summed E-state index contributed by atoms with van der Waals surface area (Å²) in [5.74, 6) is 0.619. The predicted octanol–water partition coefficient (Wildman–Crippen LogP) is 7.27. The monoisotopic (exact) mass is 435 g/mol. The Kier molecular flexibility index (Phi) is 11.8. The number of nitrogens with zero attached hydrogens (tertiary/aromatic N) is 3. The minimum atomic E-state index is 0.619. The molecule has 0 unspecified atom stereocenters. The van der Waals surface area contributed by atoms with Gasteiger partial charge >= 0.3 is 0 Å². The van der Waals surface area contributed by atoms with Crippen molar-refractivity contribution >= 4 is 28.9 Å². The number of allylic oxidation sites excluding steroid dienone is 1. The number of benzene rings is 1. The van der Waals surface area contributed by atoms with Gasteiger partial charge in [0.15, 0.2) is 0 Å². The van der Waals surface area contributed by atoms with Crippen molar-refractivity contribution < 1.29 is 0 Å². The number of pyridine rings is 1. The molecule has 2 aromatic rings. The van der Waals surface area contributed by atoms with E-state index in [1.54, 1.807) is 6.07 Å². The van der Waals surface area contributed by atoms with Gasteiger partial charge in [0.1, 0.15) is 0 Å². The largest absolute Gasteiger partial charge is 0.372 e. The summed E-state index contributed by atoms with van der Waals surface area (Å²) in [5.41, 5.74) is 3.64. The Bertz CT molecular complexity index is 724. The maximum Gasteiger partial charge on any atom is 0.0654 e. The van der Waals surface area contributed by atoms with Crippen molar-refractivity contribution in [3.8, 4) is 0 Å². The van der Waals surface area contributed by atoms with Crippen LogP contribution < -0.4 is 4.90 Å². The maximum absolute atomic E-state index is 6.23. The van der Waals surface area contributed by atoms with Gasteiger partial charge in [0.05, 0.1) is 10.7 Å². The summed E-state index contributed by atoms with van der Waals surface area (Å²) in [6.45, 7) is 18.5. The van der Waals surface area contributed by atoms with E-state index in [0.29, 0.717) is 10.9 Å². The normalized spacial score (nSPS) is 13.2. The Labute approximate surface area is 187 Å². The lowest BCUT2D eigenvalue weighted by Crippen LogP contribution is -2.45. The van der Waals surface area contributed by atoms with Crippen LogP contribution in [0.1, 0.15) is 52.5 Å². The second kappa shape index (κ2) is 13.5. The lowest BCUT2D eigenvalue weighted by Gasteiger charge is -2.38. The SMILES string of the molecule is C=C(CC)N1CCN(c2ccc(Cl)cc2Cl)CC1.CC.CC(C)c1ccncc1. The molecule has 0 radical (unpaired) electrons. The first-order valence-electron chi connectivity index (χ1n) is 10.4. The smallest absolute Gasteiger partial charge is 0.0654 e. The van der Waals surface area contributed by atoms with Gasteiger partial charge in [-0.1, -0.05) is 64.4 Å². The molecule has 0 saturated carbocycles. The van der Waals surface area contributed by atoms with Crippen molar-refractivity contribution in [3.63, 3.8) is 0 Å². The zero-order valence-corrected chi connectivity index (χ0v) is 20.0. The van der Waals surface area contributed by atoms with E-state index in [1.807, 2.05) is 50.5 Å². The van der Waals surface area contributed by atoms with E-state index in [2.05, 4.69) is 42.1 Å². The highest BCUT2D eigenvalue weighted by atomic mass is 35.5. The molecule has 3 rings (SSSR count). The molecular weight excluding hydrogens is 401 g/mol. The molecule has 1 aromatic heterocycles. The molecule has 29 heavy (non-hydrogen) atoms. The number of rotatable bonds is 4. The first-order valence-corrected chi connectivity index (χ1v) is 11.2. The first-order chi connectivity index (χ1) is 13.9. The van der Waals surface area contributed by atoms with Gasteiger partial charge in [-0.3, -0.25) is 4.98 Å². The highest BCUT2D eigenvalue weighted by Gasteiger charge is 2.19. The number of aromatic nitrogens is 1. The highest BCUT2D eigenvalue weighted by molar-refractivity contribution is 6.36. The Morgan fingerprint density at radius 3 is 2.07 bits per heavy atom. The van der Waals surface area contributed by atoms with Crippen LogP contribution in [0, 0.1) is 0 Å². The summed E-state index contributed by atoms with van der Waals surface area (Å²) in [6.07, 6.45) is 4.67. The molecule has 1 aliphatic heterocycles. The second-order valence-corrected chi connectivity index (χ2v) is 7.77. The first kappa shape index (κ1) is 25.3. The van der Waals surface area contributed by atoms with Gasteiger partial charge in [0.25, 0.3) is 0 Å². The van der Waals surface area contributed by atoms with Gasteiger partial charge in [-0.25, -0.2) is 0 Å². The van der Waals surface area contributed by atoms with E-state index >= 15 is 0 Å². The molecule has 1 saturated heterocycles. The Hall–Kier alpha value is -1.71. The molecule has 1 aliphatic rings. The van der Waals surface area contributed by atoms with Crippen LogP contribution in [0.15, 0.2) is 55.0 Å². The maximum atomic E-state index is 6.23. The van der Waals surface area contributed by atoms with Crippen molar-refractivity contribution in [1.82, 2.24) is 9.88 Å². The third-order valence-electron chi connectivity index (χ3n) is 4.76. The van der Waals surface area contributed by atoms with Gasteiger partial charge in [-0.15, -0.1) is 0 Å². The van der Waals surface area contributed by atoms with Crippen LogP contribution >= 0.6 is 23.2 Å². The molecule has 0 atom stereocenters. The minimum Gasteiger partial charge on any atom is -0.372 e. The fraction of sp³-hybridized carbons (Fsp3) is 0.458. The van der Waals surface area contributed by atoms with Crippen LogP contribution in [0.5, 0.6) is 0 Å². The topological polar surface area (TPSA) is 19.4 Å². The lowest BCUT2D eigenvalue weighted by molar-refractivity contribution is 0.315. The number of anilines is 1. The molecule has 0 N–H and O–H groups in total. The van der Waals surface area contributed by atoms with Gasteiger partial charge in [-0.2, -0.15) is 0 Å². The molecule has 160 valence electrons. The van der Waals surface area contributed by atoms with E-state index < -0.39 is 0 Å². The zero-order valence-electron chi connectivity index (χ0n) is 18.5. The standard InChI is InChI=1S/C14H18Cl2N2.C8H11N.C2H6/c1-3-11(2)17-6-8-18(9-7-17)14-5-4-12(15)10-13(14)16;1-7(2)8-3-5-9-6-4-8;1-2/h4-5,10H,2-3,6-9H2,1H3;3-7H,1-2H3;1-2H3. The quantitative estimate of drug-likeness (QED) is 0.502. The Balaban J connectivity index is 0.000000321. The minimum absolute atomic E-state index is 0.619. The molecule has 3 nitrogen and oxygen atoms in total. The van der Waals surface area contributed by atoms with E-state index in [9.17, 15) is 0 Å². The van der Waals surface area contributed by atoms with Crippen LogP contribution in [-0.4, -0.2) is 36.1 Å². The van der Waals surface area contributed by atoms with Crippen LogP contribution in [0.4, 0.5) is 5.69 Å². The van der Waals surface area contributed by atoms with E-state index in [1.165, 1.54) is 11.3 Å². The average Bonchev–Trinajstić information content (AvgIpc) is 2.76. The molecule has 1 aromatic carbocycles. The fourth-order valence-corrected chi connectivity index (χ4v) is 3.50. The summed E-state index contributed by atoms with van der Waals surface area (Å²) >= 11 is 12.1. The van der Waals surface area contributed by atoms with E-state index in [4.69, 9.17) is 23.2 Å². The molecule has 0 bridgehead atoms. The Morgan fingerprint density at radius 2 is 1.62 bits per heavy atom. The van der Waals surface area contributed by atoms with Crippen LogP contribution in [0.2, 0.25) is 10.0 Å². The van der Waals surface area contributed by atoms with Crippen molar-refractivity contribution in [3.05, 3.63) is 70.6 Å². The molecule has 0 aliphatic carbocycles. The molecule has 5 heteroatoms. The van der Waals surface area contributed by atoms with E-state index in [0.717, 1.165) is 43.3 Å². The molecule has 2 heterocycles. The molecule has 0 amide bonds. The fourth-order valence-electron chi connectivity index (χ4n) is 2.97. The Morgan fingerprint density at radius 1 is 1.03 bits per heavy atom. The average molecular weight is 436 g/mol. The third kappa shape index (κ3) is 8.28. The van der Waals surface area contributed by atoms with Gasteiger partial charge in [0.2, 0.25) is 0 Å². The van der Waals surface area contributed by atoms with Gasteiger partial charge < -0.3 is 9.80 Å². The predicted molar refractivity (Wildman–Crippen MR) is 129 cm³/mol.